The van der Waals surface area contributed by atoms with Crippen LogP contribution in [0.25, 0.3) is 22.7 Å². The summed E-state index contributed by atoms with van der Waals surface area (Å²) in [6, 6.07) is 8.76. The van der Waals surface area contributed by atoms with Gasteiger partial charge in [-0.25, -0.2) is 4.98 Å². The van der Waals surface area contributed by atoms with Crippen LogP contribution in [0.4, 0.5) is 5.69 Å². The van der Waals surface area contributed by atoms with E-state index in [1.165, 1.54) is 0 Å². The number of rotatable bonds is 5. The molecule has 0 aliphatic carbocycles. The topological polar surface area (TPSA) is 98.5 Å². The van der Waals surface area contributed by atoms with Crippen LogP contribution in [0.3, 0.4) is 0 Å². The number of aromatic nitrogens is 2. The zero-order valence-corrected chi connectivity index (χ0v) is 13.7. The Morgan fingerprint density at radius 2 is 2.21 bits per heavy atom. The number of hydrogen-bond donors (Lipinski definition) is 2. The number of nitrogens with two attached hydrogens (primary N) is 1. The second-order valence-corrected chi connectivity index (χ2v) is 5.80. The number of hydrogen-bond acceptors (Lipinski definition) is 5. The number of benzene rings is 1. The van der Waals surface area contributed by atoms with Crippen LogP contribution in [0.2, 0.25) is 0 Å². The van der Waals surface area contributed by atoms with Gasteiger partial charge in [-0.3, -0.25) is 4.79 Å². The fraction of sp³-hybridized carbons (Fsp3) is 0.235. The minimum atomic E-state index is -0.173. The molecule has 0 atom stereocenters. The molecule has 1 aromatic carbocycles. The molecule has 0 aliphatic heterocycles. The average Bonchev–Trinajstić information content (AvgIpc) is 2.98. The maximum absolute atomic E-state index is 12.3. The molecule has 3 aromatic rings. The number of nitrogen functional groups attached to an aromatic ring is 1. The highest BCUT2D eigenvalue weighted by Gasteiger charge is 2.18. The number of amides is 1. The van der Waals surface area contributed by atoms with Crippen molar-refractivity contribution in [2.75, 3.05) is 32.9 Å². The summed E-state index contributed by atoms with van der Waals surface area (Å²) in [6.45, 7) is 1.33. The molecule has 0 saturated heterocycles. The highest BCUT2D eigenvalue weighted by Crippen LogP contribution is 2.25. The van der Waals surface area contributed by atoms with Gasteiger partial charge in [0.05, 0.1) is 11.8 Å². The van der Waals surface area contributed by atoms with Crippen molar-refractivity contribution >= 4 is 22.8 Å². The highest BCUT2D eigenvalue weighted by atomic mass is 16.3. The van der Waals surface area contributed by atoms with E-state index < -0.39 is 0 Å². The second kappa shape index (κ2) is 6.67. The summed E-state index contributed by atoms with van der Waals surface area (Å²) in [6.07, 6.45) is 1.78. The summed E-state index contributed by atoms with van der Waals surface area (Å²) >= 11 is 0. The number of nitrogens with one attached hydrogen (secondary N) is 2. The van der Waals surface area contributed by atoms with Crippen molar-refractivity contribution in [3.63, 3.8) is 0 Å². The number of anilines is 1. The van der Waals surface area contributed by atoms with Gasteiger partial charge < -0.3 is 20.4 Å². The number of nitrogens with zero attached hydrogens (tertiary/aromatic N) is 2. The van der Waals surface area contributed by atoms with Gasteiger partial charge in [0.15, 0.2) is 0 Å². The van der Waals surface area contributed by atoms with Crippen LogP contribution in [-0.2, 0) is 0 Å². The first kappa shape index (κ1) is 15.9. The van der Waals surface area contributed by atoms with E-state index in [4.69, 9.17) is 10.2 Å². The number of carbonyl (C=O) groups is 1. The third kappa shape index (κ3) is 3.52. The molecule has 0 spiro atoms. The van der Waals surface area contributed by atoms with Crippen molar-refractivity contribution in [2.24, 2.45) is 0 Å². The molecule has 0 unspecified atom stereocenters. The number of fused-ring (bicyclic) bond motifs is 1. The molecule has 2 aromatic heterocycles. The Hall–Kier alpha value is -2.93. The molecule has 24 heavy (non-hydrogen) atoms. The van der Waals surface area contributed by atoms with Gasteiger partial charge in [-0.05, 0) is 44.4 Å². The van der Waals surface area contributed by atoms with Crippen molar-refractivity contribution in [2.45, 2.75) is 0 Å². The number of pyridine rings is 1. The zero-order valence-electron chi connectivity index (χ0n) is 13.7. The molecule has 2 heterocycles. The van der Waals surface area contributed by atoms with Gasteiger partial charge in [0.2, 0.25) is 5.58 Å². The largest absolute Gasteiger partial charge is 0.411 e. The van der Waals surface area contributed by atoms with E-state index in [1.54, 1.807) is 24.4 Å². The van der Waals surface area contributed by atoms with Crippen LogP contribution in [-0.4, -0.2) is 43.0 Å². The second-order valence-electron chi connectivity index (χ2n) is 5.80. The maximum atomic E-state index is 12.3. The quantitative estimate of drug-likeness (QED) is 0.686. The Morgan fingerprint density at radius 3 is 2.96 bits per heavy atom. The third-order valence-electron chi connectivity index (χ3n) is 3.53. The van der Waals surface area contributed by atoms with Gasteiger partial charge in [0.1, 0.15) is 0 Å². The number of H-pyrrole nitrogens is 1. The first-order valence-corrected chi connectivity index (χ1v) is 7.64. The Balaban J connectivity index is 1.87. The molecule has 0 fully saturated rings. The van der Waals surface area contributed by atoms with E-state index in [1.807, 2.05) is 31.1 Å². The smallest absolute Gasteiger partial charge is 0.368 e. The highest BCUT2D eigenvalue weighted by molar-refractivity contribution is 5.96. The zero-order chi connectivity index (χ0) is 17.1. The van der Waals surface area contributed by atoms with E-state index in [-0.39, 0.29) is 5.91 Å². The lowest BCUT2D eigenvalue weighted by Gasteiger charge is -2.11. The molecule has 0 radical (unpaired) electrons. The number of likely N-dealkylation sites (N-methyl/N-ethyl adjacent to an activating group) is 1. The van der Waals surface area contributed by atoms with Crippen LogP contribution in [0.5, 0.6) is 0 Å². The SMILES string of the molecule is CN(C)CCNC(=O)c1cc(N)cc(-c2nc3[nH+]cccc3o2)c1. The Kier molecular flexibility index (Phi) is 4.43. The lowest BCUT2D eigenvalue weighted by molar-refractivity contribution is -0.347. The molecule has 124 valence electrons. The van der Waals surface area contributed by atoms with Crippen molar-refractivity contribution < 1.29 is 14.2 Å². The summed E-state index contributed by atoms with van der Waals surface area (Å²) in [7, 11) is 3.91. The fourth-order valence-electron chi connectivity index (χ4n) is 2.34. The van der Waals surface area contributed by atoms with E-state index in [2.05, 4.69) is 15.3 Å². The van der Waals surface area contributed by atoms with Crippen molar-refractivity contribution in [1.82, 2.24) is 15.2 Å². The summed E-state index contributed by atoms with van der Waals surface area (Å²) in [5.41, 5.74) is 8.86. The summed E-state index contributed by atoms with van der Waals surface area (Å²) in [5, 5.41) is 2.87. The molecular weight excluding hydrogens is 306 g/mol. The molecule has 7 heteroatoms. The minimum Gasteiger partial charge on any atom is -0.411 e. The minimum absolute atomic E-state index is 0.173. The lowest BCUT2D eigenvalue weighted by Crippen LogP contribution is -2.31. The van der Waals surface area contributed by atoms with Crippen LogP contribution in [0.1, 0.15) is 10.4 Å². The summed E-state index contributed by atoms with van der Waals surface area (Å²) in [4.78, 5) is 21.7. The number of oxazole rings is 1. The summed E-state index contributed by atoms with van der Waals surface area (Å²) in [5.74, 6) is 0.246. The van der Waals surface area contributed by atoms with Crippen molar-refractivity contribution in [3.8, 4) is 11.5 Å². The monoisotopic (exact) mass is 326 g/mol. The molecule has 0 bridgehead atoms. The van der Waals surface area contributed by atoms with Crippen LogP contribution in [0, 0.1) is 0 Å². The first-order valence-electron chi connectivity index (χ1n) is 7.64. The van der Waals surface area contributed by atoms with Gasteiger partial charge >= 0.3 is 11.5 Å². The molecule has 7 nitrogen and oxygen atoms in total. The van der Waals surface area contributed by atoms with Crippen LogP contribution < -0.4 is 16.0 Å². The van der Waals surface area contributed by atoms with E-state index >= 15 is 0 Å². The number of carbonyl (C=O) groups excluding carboxylic acids is 1. The predicted octanol–water partition coefficient (Wildman–Crippen LogP) is 1.18. The van der Waals surface area contributed by atoms with E-state index in [9.17, 15) is 4.79 Å². The fourth-order valence-corrected chi connectivity index (χ4v) is 2.34. The average molecular weight is 326 g/mol. The van der Waals surface area contributed by atoms with Crippen LogP contribution >= 0.6 is 0 Å². The maximum Gasteiger partial charge on any atom is 0.368 e. The van der Waals surface area contributed by atoms with Crippen molar-refractivity contribution in [3.05, 3.63) is 42.1 Å². The molecular formula is C17H20N5O2+. The van der Waals surface area contributed by atoms with Gasteiger partial charge in [-0.1, -0.05) is 0 Å². The van der Waals surface area contributed by atoms with E-state index in [0.717, 1.165) is 6.54 Å². The lowest BCUT2D eigenvalue weighted by atomic mass is 10.1. The van der Waals surface area contributed by atoms with Crippen LogP contribution in [0.15, 0.2) is 40.9 Å². The van der Waals surface area contributed by atoms with Gasteiger partial charge in [-0.2, -0.15) is 0 Å². The third-order valence-corrected chi connectivity index (χ3v) is 3.53. The van der Waals surface area contributed by atoms with Crippen molar-refractivity contribution in [1.29, 1.82) is 0 Å². The van der Waals surface area contributed by atoms with E-state index in [0.29, 0.717) is 40.5 Å². The Labute approximate surface area is 139 Å². The standard InChI is InChI=1S/C17H19N5O2/c1-22(2)7-6-20-16(23)11-8-12(10-13(18)9-11)17-21-15-14(24-17)4-3-5-19-15/h3-5,8-10H,6-7,18H2,1-2H3,(H,20,23)/p+1. The number of aromatic amines is 1. The summed E-state index contributed by atoms with van der Waals surface area (Å²) < 4.78 is 5.72. The van der Waals surface area contributed by atoms with Gasteiger partial charge in [0, 0.05) is 29.3 Å². The molecule has 1 amide bonds. The van der Waals surface area contributed by atoms with Gasteiger partial charge in [-0.15, -0.1) is 0 Å². The van der Waals surface area contributed by atoms with Gasteiger partial charge in [0.25, 0.3) is 5.91 Å². The first-order chi connectivity index (χ1) is 11.5. The Morgan fingerprint density at radius 1 is 1.38 bits per heavy atom. The molecule has 0 aliphatic rings. The predicted molar refractivity (Wildman–Crippen MR) is 91.3 cm³/mol. The normalized spacial score (nSPS) is 11.1. The Bertz CT molecular complexity index is 839. The molecule has 3 rings (SSSR count). The molecule has 0 saturated carbocycles. The molecule has 4 N–H and O–H groups in total.